The van der Waals surface area contributed by atoms with Crippen molar-refractivity contribution in [1.29, 1.82) is 0 Å². The fraction of sp³-hybridized carbons (Fsp3) is 0.120. The molecule has 0 aliphatic rings. The van der Waals surface area contributed by atoms with Crippen LogP contribution in [0.1, 0.15) is 16.8 Å². The Bertz CT molecular complexity index is 1320. The van der Waals surface area contributed by atoms with Gasteiger partial charge in [-0.05, 0) is 61.0 Å². The van der Waals surface area contributed by atoms with Gasteiger partial charge in [-0.15, -0.1) is 0 Å². The van der Waals surface area contributed by atoms with Gasteiger partial charge in [0.1, 0.15) is 12.4 Å². The minimum atomic E-state index is -0.160. The number of hydrogen-bond acceptors (Lipinski definition) is 3. The molecule has 3 aromatic carbocycles. The van der Waals surface area contributed by atoms with E-state index in [1.165, 1.54) is 0 Å². The van der Waals surface area contributed by atoms with Gasteiger partial charge in [0.15, 0.2) is 5.69 Å². The Kier molecular flexibility index (Phi) is 6.49. The van der Waals surface area contributed by atoms with Crippen LogP contribution >= 0.6 is 23.2 Å². The fourth-order valence-electron chi connectivity index (χ4n) is 3.29. The first-order chi connectivity index (χ1) is 15.4. The van der Waals surface area contributed by atoms with E-state index in [0.717, 1.165) is 22.5 Å². The molecule has 0 saturated heterocycles. The Balaban J connectivity index is 1.49. The second-order valence-electron chi connectivity index (χ2n) is 7.26. The molecule has 0 fully saturated rings. The van der Waals surface area contributed by atoms with E-state index in [0.29, 0.717) is 28.1 Å². The van der Waals surface area contributed by atoms with Crippen LogP contribution < -0.4 is 10.3 Å². The average Bonchev–Trinajstić information content (AvgIpc) is 3.01. The number of rotatable bonds is 6. The Morgan fingerprint density at radius 2 is 1.72 bits per heavy atom. The average molecular weight is 466 g/mol. The highest BCUT2D eigenvalue weighted by Crippen LogP contribution is 2.23. The predicted octanol–water partition coefficient (Wildman–Crippen LogP) is 6.12. The molecule has 0 radical (unpaired) electrons. The first kappa shape index (κ1) is 21.9. The maximum Gasteiger partial charge on any atom is 0.297 e. The van der Waals surface area contributed by atoms with E-state index in [9.17, 15) is 4.79 Å². The van der Waals surface area contributed by atoms with Gasteiger partial charge in [-0.1, -0.05) is 47.5 Å². The largest absolute Gasteiger partial charge is 0.489 e. The zero-order valence-corrected chi connectivity index (χ0v) is 19.1. The summed E-state index contributed by atoms with van der Waals surface area (Å²) in [5.41, 5.74) is 3.55. The molecule has 1 aromatic heterocycles. The third kappa shape index (κ3) is 4.64. The summed E-state index contributed by atoms with van der Waals surface area (Å²) in [5, 5.41) is 1.16. The van der Waals surface area contributed by atoms with Crippen molar-refractivity contribution in [3.63, 3.8) is 0 Å². The summed E-state index contributed by atoms with van der Waals surface area (Å²) in [6.45, 7) is 2.22. The van der Waals surface area contributed by atoms with E-state index in [1.54, 1.807) is 23.0 Å². The van der Waals surface area contributed by atoms with E-state index in [4.69, 9.17) is 27.9 Å². The number of halogens is 2. The topological polar surface area (TPSA) is 48.5 Å². The normalized spacial score (nSPS) is 11.2. The number of aliphatic imine (C=N–C) groups is 1. The molecule has 4 rings (SSSR count). The summed E-state index contributed by atoms with van der Waals surface area (Å²) in [4.78, 5) is 17.4. The minimum absolute atomic E-state index is 0.160. The molecule has 0 atom stereocenters. The van der Waals surface area contributed by atoms with Gasteiger partial charge < -0.3 is 4.74 Å². The van der Waals surface area contributed by atoms with Crippen molar-refractivity contribution >= 4 is 35.1 Å². The Morgan fingerprint density at radius 1 is 1.00 bits per heavy atom. The van der Waals surface area contributed by atoms with Gasteiger partial charge in [0.2, 0.25) is 0 Å². The number of para-hydroxylation sites is 1. The lowest BCUT2D eigenvalue weighted by atomic mass is 10.2. The second-order valence-corrected chi connectivity index (χ2v) is 8.11. The summed E-state index contributed by atoms with van der Waals surface area (Å²) >= 11 is 12.1. The number of ether oxygens (including phenoxy) is 1. The molecule has 162 valence electrons. The lowest BCUT2D eigenvalue weighted by molar-refractivity contribution is 0.306. The molecule has 4 aromatic rings. The van der Waals surface area contributed by atoms with Crippen LogP contribution in [0.15, 0.2) is 82.6 Å². The first-order valence-electron chi connectivity index (χ1n) is 9.99. The smallest absolute Gasteiger partial charge is 0.297 e. The van der Waals surface area contributed by atoms with Crippen LogP contribution in [0.4, 0.5) is 5.69 Å². The Morgan fingerprint density at radius 3 is 2.41 bits per heavy atom. The van der Waals surface area contributed by atoms with Gasteiger partial charge in [-0.25, -0.2) is 9.67 Å². The molecule has 5 nitrogen and oxygen atoms in total. The molecule has 7 heteroatoms. The molecular formula is C25H21Cl2N3O2. The van der Waals surface area contributed by atoms with Crippen LogP contribution in [0, 0.1) is 6.92 Å². The fourth-order valence-corrected chi connectivity index (χ4v) is 3.75. The summed E-state index contributed by atoms with van der Waals surface area (Å²) in [7, 11) is 1.85. The zero-order valence-electron chi connectivity index (χ0n) is 17.6. The molecule has 0 N–H and O–H groups in total. The van der Waals surface area contributed by atoms with E-state index in [1.807, 2.05) is 79.3 Å². The van der Waals surface area contributed by atoms with Crippen molar-refractivity contribution in [3.05, 3.63) is 110 Å². The monoisotopic (exact) mass is 465 g/mol. The zero-order chi connectivity index (χ0) is 22.7. The van der Waals surface area contributed by atoms with Crippen molar-refractivity contribution in [2.24, 2.45) is 12.0 Å². The molecule has 1 heterocycles. The second kappa shape index (κ2) is 9.47. The minimum Gasteiger partial charge on any atom is -0.489 e. The lowest BCUT2D eigenvalue weighted by Crippen LogP contribution is -2.19. The number of benzene rings is 3. The maximum atomic E-state index is 12.9. The lowest BCUT2D eigenvalue weighted by Gasteiger charge is -2.08. The summed E-state index contributed by atoms with van der Waals surface area (Å²) in [5.74, 6) is 0.704. The highest BCUT2D eigenvalue weighted by molar-refractivity contribution is 6.35. The van der Waals surface area contributed by atoms with Crippen molar-refractivity contribution in [2.75, 3.05) is 0 Å². The van der Waals surface area contributed by atoms with Crippen molar-refractivity contribution in [1.82, 2.24) is 9.36 Å². The summed E-state index contributed by atoms with van der Waals surface area (Å²) in [6.07, 6.45) is 1.68. The third-order valence-corrected chi connectivity index (χ3v) is 5.74. The molecule has 0 aliphatic heterocycles. The van der Waals surface area contributed by atoms with E-state index >= 15 is 0 Å². The number of nitrogens with zero attached hydrogens (tertiary/aromatic N) is 3. The third-order valence-electron chi connectivity index (χ3n) is 5.16. The Labute approximate surface area is 196 Å². The van der Waals surface area contributed by atoms with Crippen LogP contribution in [-0.2, 0) is 13.7 Å². The van der Waals surface area contributed by atoms with Gasteiger partial charge in [0.25, 0.3) is 5.56 Å². The molecule has 0 saturated carbocycles. The molecular weight excluding hydrogens is 445 g/mol. The van der Waals surface area contributed by atoms with Gasteiger partial charge in [-0.3, -0.25) is 9.48 Å². The molecule has 0 amide bonds. The van der Waals surface area contributed by atoms with Crippen molar-refractivity contribution in [2.45, 2.75) is 13.5 Å². The van der Waals surface area contributed by atoms with Crippen molar-refractivity contribution in [3.8, 4) is 11.4 Å². The predicted molar refractivity (Wildman–Crippen MR) is 130 cm³/mol. The van der Waals surface area contributed by atoms with E-state index < -0.39 is 0 Å². The van der Waals surface area contributed by atoms with Gasteiger partial charge in [0.05, 0.1) is 11.4 Å². The molecule has 0 aliphatic carbocycles. The van der Waals surface area contributed by atoms with Gasteiger partial charge in [-0.2, -0.15) is 0 Å². The van der Waals surface area contributed by atoms with Crippen LogP contribution in [0.2, 0.25) is 10.0 Å². The highest BCUT2D eigenvalue weighted by atomic mass is 35.5. The molecule has 32 heavy (non-hydrogen) atoms. The quantitative estimate of drug-likeness (QED) is 0.322. The highest BCUT2D eigenvalue weighted by Gasteiger charge is 2.14. The van der Waals surface area contributed by atoms with Gasteiger partial charge >= 0.3 is 0 Å². The number of aromatic nitrogens is 2. The summed E-state index contributed by atoms with van der Waals surface area (Å²) in [6, 6.07) is 22.3. The molecule has 0 bridgehead atoms. The van der Waals surface area contributed by atoms with Crippen LogP contribution in [0.3, 0.4) is 0 Å². The standard InChI is InChI=1S/C25H21Cl2N3O2/c1-17-24(25(31)30(29(17)2)21-6-4-3-5-7-21)28-15-18-8-12-22(13-9-18)32-16-19-10-11-20(26)14-23(19)27/h3-15H,16H2,1-2H3. The van der Waals surface area contributed by atoms with Crippen LogP contribution in [-0.4, -0.2) is 15.6 Å². The first-order valence-corrected chi connectivity index (χ1v) is 10.7. The van der Waals surface area contributed by atoms with Crippen LogP contribution in [0.25, 0.3) is 5.69 Å². The molecule has 0 spiro atoms. The Hall–Kier alpha value is -3.28. The summed E-state index contributed by atoms with van der Waals surface area (Å²) < 4.78 is 9.23. The van der Waals surface area contributed by atoms with Crippen LogP contribution in [0.5, 0.6) is 5.75 Å². The SMILES string of the molecule is Cc1c(N=Cc2ccc(OCc3ccc(Cl)cc3Cl)cc2)c(=O)n(-c2ccccc2)n1C. The van der Waals surface area contributed by atoms with E-state index in [-0.39, 0.29) is 5.56 Å². The number of hydrogen-bond donors (Lipinski definition) is 0. The van der Waals surface area contributed by atoms with Crippen molar-refractivity contribution < 1.29 is 4.74 Å². The van der Waals surface area contributed by atoms with Gasteiger partial charge in [0, 0.05) is 28.9 Å². The maximum absolute atomic E-state index is 12.9. The van der Waals surface area contributed by atoms with E-state index in [2.05, 4.69) is 4.99 Å². The molecule has 0 unspecified atom stereocenters.